The molecule has 0 fully saturated rings. The fraction of sp³-hybridized carbons (Fsp3) is 0.409. The quantitative estimate of drug-likeness (QED) is 0.772. The second-order valence-corrected chi connectivity index (χ2v) is 7.38. The number of rotatable bonds is 6. The van der Waals surface area contributed by atoms with Crippen LogP contribution in [0.15, 0.2) is 42.6 Å². The lowest BCUT2D eigenvalue weighted by molar-refractivity contribution is 0.233. The van der Waals surface area contributed by atoms with Crippen molar-refractivity contribution >= 4 is 5.82 Å². The molecule has 1 aromatic heterocycles. The van der Waals surface area contributed by atoms with Gasteiger partial charge >= 0.3 is 0 Å². The Balaban J connectivity index is 1.19. The fourth-order valence-corrected chi connectivity index (χ4v) is 3.76. The standard InChI is InChI=1S/C22H26FN3O/c1-16-4-5-17-7-9-21(25-22(17)24-16)27-13-3-2-11-26-12-10-18-14-20(23)8-6-19(18)15-26/h6-9,14H,1-5,10-13,15H2,(H,24,25). The van der Waals surface area contributed by atoms with Crippen LogP contribution in [0.25, 0.3) is 0 Å². The van der Waals surface area contributed by atoms with E-state index in [4.69, 9.17) is 4.74 Å². The van der Waals surface area contributed by atoms with Gasteiger partial charge in [0.05, 0.1) is 6.61 Å². The molecule has 0 aliphatic carbocycles. The van der Waals surface area contributed by atoms with Crippen molar-refractivity contribution in [3.8, 4) is 5.88 Å². The van der Waals surface area contributed by atoms with E-state index < -0.39 is 0 Å². The van der Waals surface area contributed by atoms with Crippen molar-refractivity contribution in [3.63, 3.8) is 0 Å². The number of anilines is 1. The van der Waals surface area contributed by atoms with Crippen LogP contribution < -0.4 is 10.1 Å². The SMILES string of the molecule is C=C1CCc2ccc(OCCCCN3CCc4cc(F)ccc4C3)nc2N1. The topological polar surface area (TPSA) is 37.4 Å². The second kappa shape index (κ2) is 8.09. The number of benzene rings is 1. The third kappa shape index (κ3) is 4.48. The first kappa shape index (κ1) is 18.0. The van der Waals surface area contributed by atoms with E-state index in [0.29, 0.717) is 12.5 Å². The number of pyridine rings is 1. The normalized spacial score (nSPS) is 16.4. The summed E-state index contributed by atoms with van der Waals surface area (Å²) >= 11 is 0. The van der Waals surface area contributed by atoms with Gasteiger partial charge in [-0.15, -0.1) is 0 Å². The monoisotopic (exact) mass is 367 g/mol. The molecule has 3 heterocycles. The average Bonchev–Trinajstić information content (AvgIpc) is 2.67. The summed E-state index contributed by atoms with van der Waals surface area (Å²) in [4.78, 5) is 6.99. The van der Waals surface area contributed by atoms with Gasteiger partial charge in [0.1, 0.15) is 11.6 Å². The summed E-state index contributed by atoms with van der Waals surface area (Å²) in [5.41, 5.74) is 4.65. The van der Waals surface area contributed by atoms with Crippen molar-refractivity contribution in [2.45, 2.75) is 38.6 Å². The maximum Gasteiger partial charge on any atom is 0.215 e. The molecule has 2 aromatic rings. The number of allylic oxidation sites excluding steroid dienone is 1. The van der Waals surface area contributed by atoms with Gasteiger partial charge in [0, 0.05) is 24.9 Å². The molecule has 0 atom stereocenters. The number of nitrogens with one attached hydrogen (secondary N) is 1. The number of ether oxygens (including phenoxy) is 1. The second-order valence-electron chi connectivity index (χ2n) is 7.38. The van der Waals surface area contributed by atoms with Crippen molar-refractivity contribution in [2.24, 2.45) is 0 Å². The lowest BCUT2D eigenvalue weighted by Gasteiger charge is -2.28. The molecule has 0 spiro atoms. The predicted molar refractivity (Wildman–Crippen MR) is 105 cm³/mol. The Morgan fingerprint density at radius 3 is 2.89 bits per heavy atom. The van der Waals surface area contributed by atoms with Gasteiger partial charge in [0.25, 0.3) is 0 Å². The van der Waals surface area contributed by atoms with E-state index in [1.165, 1.54) is 11.1 Å². The summed E-state index contributed by atoms with van der Waals surface area (Å²) < 4.78 is 19.1. The fourth-order valence-electron chi connectivity index (χ4n) is 3.76. The number of hydrogen-bond donors (Lipinski definition) is 1. The molecule has 0 saturated carbocycles. The van der Waals surface area contributed by atoms with Gasteiger partial charge in [0.15, 0.2) is 0 Å². The Bertz CT molecular complexity index is 836. The average molecular weight is 367 g/mol. The molecule has 0 bridgehead atoms. The summed E-state index contributed by atoms with van der Waals surface area (Å²) in [6, 6.07) is 9.20. The zero-order valence-corrected chi connectivity index (χ0v) is 15.6. The Kier molecular flexibility index (Phi) is 5.39. The van der Waals surface area contributed by atoms with E-state index in [2.05, 4.69) is 27.8 Å². The van der Waals surface area contributed by atoms with Crippen LogP contribution in [0.1, 0.15) is 36.0 Å². The molecule has 5 heteroatoms. The summed E-state index contributed by atoms with van der Waals surface area (Å²) in [7, 11) is 0. The molecule has 0 saturated heterocycles. The minimum atomic E-state index is -0.130. The molecule has 0 unspecified atom stereocenters. The first-order chi connectivity index (χ1) is 13.2. The van der Waals surface area contributed by atoms with Gasteiger partial charge in [0.2, 0.25) is 5.88 Å². The van der Waals surface area contributed by atoms with Crippen molar-refractivity contribution in [3.05, 3.63) is 65.1 Å². The van der Waals surface area contributed by atoms with E-state index in [1.807, 2.05) is 12.1 Å². The van der Waals surface area contributed by atoms with Crippen LogP contribution in [-0.4, -0.2) is 29.6 Å². The number of aromatic nitrogens is 1. The van der Waals surface area contributed by atoms with Crippen LogP contribution in [0.5, 0.6) is 5.88 Å². The third-order valence-corrected chi connectivity index (χ3v) is 5.32. The first-order valence-electron chi connectivity index (χ1n) is 9.74. The highest BCUT2D eigenvalue weighted by Gasteiger charge is 2.16. The van der Waals surface area contributed by atoms with Crippen molar-refractivity contribution < 1.29 is 9.13 Å². The number of nitrogens with zero attached hydrogens (tertiary/aromatic N) is 2. The van der Waals surface area contributed by atoms with E-state index in [-0.39, 0.29) is 5.82 Å². The number of unbranched alkanes of at least 4 members (excludes halogenated alkanes) is 1. The van der Waals surface area contributed by atoms with Crippen LogP contribution in [0.3, 0.4) is 0 Å². The van der Waals surface area contributed by atoms with E-state index >= 15 is 0 Å². The maximum atomic E-state index is 13.3. The third-order valence-electron chi connectivity index (χ3n) is 5.32. The summed E-state index contributed by atoms with van der Waals surface area (Å²) in [5.74, 6) is 1.42. The first-order valence-corrected chi connectivity index (χ1v) is 9.74. The van der Waals surface area contributed by atoms with Crippen molar-refractivity contribution in [1.82, 2.24) is 9.88 Å². The number of fused-ring (bicyclic) bond motifs is 2. The smallest absolute Gasteiger partial charge is 0.215 e. The van der Waals surface area contributed by atoms with Gasteiger partial charge in [-0.3, -0.25) is 4.90 Å². The van der Waals surface area contributed by atoms with E-state index in [1.54, 1.807) is 12.1 Å². The molecule has 1 N–H and O–H groups in total. The van der Waals surface area contributed by atoms with Crippen LogP contribution in [-0.2, 0) is 19.4 Å². The molecule has 27 heavy (non-hydrogen) atoms. The van der Waals surface area contributed by atoms with Gasteiger partial charge in [-0.2, -0.15) is 4.98 Å². The molecule has 2 aliphatic heterocycles. The van der Waals surface area contributed by atoms with Gasteiger partial charge in [-0.1, -0.05) is 12.6 Å². The molecule has 0 radical (unpaired) electrons. The Morgan fingerprint density at radius 1 is 1.07 bits per heavy atom. The Labute approximate surface area is 160 Å². The zero-order chi connectivity index (χ0) is 18.6. The van der Waals surface area contributed by atoms with Crippen molar-refractivity contribution in [2.75, 3.05) is 25.0 Å². The number of hydrogen-bond acceptors (Lipinski definition) is 4. The molecule has 2 aliphatic rings. The van der Waals surface area contributed by atoms with Crippen LogP contribution >= 0.6 is 0 Å². The molecule has 0 amide bonds. The maximum absolute atomic E-state index is 13.3. The molecule has 4 rings (SSSR count). The molecule has 142 valence electrons. The summed E-state index contributed by atoms with van der Waals surface area (Å²) in [6.07, 6.45) is 4.95. The van der Waals surface area contributed by atoms with Gasteiger partial charge < -0.3 is 10.1 Å². The molecular weight excluding hydrogens is 341 g/mol. The van der Waals surface area contributed by atoms with Crippen LogP contribution in [0.2, 0.25) is 0 Å². The van der Waals surface area contributed by atoms with Gasteiger partial charge in [-0.05, 0) is 73.5 Å². The zero-order valence-electron chi connectivity index (χ0n) is 15.6. The van der Waals surface area contributed by atoms with E-state index in [0.717, 1.165) is 68.8 Å². The minimum Gasteiger partial charge on any atom is -0.478 e. The highest BCUT2D eigenvalue weighted by atomic mass is 19.1. The molecule has 4 nitrogen and oxygen atoms in total. The largest absolute Gasteiger partial charge is 0.478 e. The number of aryl methyl sites for hydroxylation is 1. The molecule has 1 aromatic carbocycles. The highest BCUT2D eigenvalue weighted by Crippen LogP contribution is 2.26. The lowest BCUT2D eigenvalue weighted by atomic mass is 9.99. The summed E-state index contributed by atoms with van der Waals surface area (Å²) in [6.45, 7) is 7.60. The van der Waals surface area contributed by atoms with Crippen LogP contribution in [0.4, 0.5) is 10.2 Å². The summed E-state index contributed by atoms with van der Waals surface area (Å²) in [5, 5.41) is 3.24. The highest BCUT2D eigenvalue weighted by molar-refractivity contribution is 5.53. The Hall–Kier alpha value is -2.40. The lowest BCUT2D eigenvalue weighted by Crippen LogP contribution is -2.31. The number of halogens is 1. The van der Waals surface area contributed by atoms with Crippen molar-refractivity contribution in [1.29, 1.82) is 0 Å². The van der Waals surface area contributed by atoms with Crippen LogP contribution in [0, 0.1) is 5.82 Å². The van der Waals surface area contributed by atoms with E-state index in [9.17, 15) is 4.39 Å². The van der Waals surface area contributed by atoms with Gasteiger partial charge in [-0.25, -0.2) is 4.39 Å². The predicted octanol–water partition coefficient (Wildman–Crippen LogP) is 4.31. The Morgan fingerprint density at radius 2 is 1.96 bits per heavy atom. The molecular formula is C22H26FN3O. The minimum absolute atomic E-state index is 0.130.